The van der Waals surface area contributed by atoms with Gasteiger partial charge >= 0.3 is 0 Å². The largest absolute Gasteiger partial charge is 0.493 e. The number of carbonyl (C=O) groups excluding carboxylic acids is 1. The van der Waals surface area contributed by atoms with Crippen molar-refractivity contribution in [3.8, 4) is 17.2 Å². The van der Waals surface area contributed by atoms with Gasteiger partial charge in [-0.15, -0.1) is 0 Å². The van der Waals surface area contributed by atoms with Crippen molar-refractivity contribution in [1.82, 2.24) is 0 Å². The van der Waals surface area contributed by atoms with Gasteiger partial charge in [-0.2, -0.15) is 0 Å². The van der Waals surface area contributed by atoms with Crippen LogP contribution in [0.3, 0.4) is 0 Å². The Labute approximate surface area is 170 Å². The summed E-state index contributed by atoms with van der Waals surface area (Å²) in [6.45, 7) is 0. The molecule has 0 spiro atoms. The summed E-state index contributed by atoms with van der Waals surface area (Å²) in [5.41, 5.74) is 3.20. The molecule has 3 rings (SSSR count). The quantitative estimate of drug-likeness (QED) is 0.630. The number of nitrogens with one attached hydrogen (secondary N) is 1. The van der Waals surface area contributed by atoms with Crippen LogP contribution in [-0.4, -0.2) is 34.3 Å². The number of ether oxygens (including phenoxy) is 3. The minimum Gasteiger partial charge on any atom is -0.493 e. The third-order valence-corrected chi connectivity index (χ3v) is 4.58. The Balaban J connectivity index is 1.77. The Kier molecular flexibility index (Phi) is 6.24. The van der Waals surface area contributed by atoms with Gasteiger partial charge < -0.3 is 24.4 Å². The summed E-state index contributed by atoms with van der Waals surface area (Å²) in [4.78, 5) is 14.8. The van der Waals surface area contributed by atoms with Crippen LogP contribution in [0.4, 0.5) is 17.1 Å². The fourth-order valence-corrected chi connectivity index (χ4v) is 2.98. The van der Waals surface area contributed by atoms with Crippen LogP contribution in [0.1, 0.15) is 10.4 Å². The number of methoxy groups -OCH3 is 3. The van der Waals surface area contributed by atoms with Crippen LogP contribution in [0.5, 0.6) is 17.2 Å². The van der Waals surface area contributed by atoms with Gasteiger partial charge in [0.05, 0.1) is 21.3 Å². The molecule has 6 nitrogen and oxygen atoms in total. The molecule has 1 N–H and O–H groups in total. The van der Waals surface area contributed by atoms with Crippen LogP contribution in [-0.2, 0) is 0 Å². The van der Waals surface area contributed by atoms with Crippen LogP contribution < -0.4 is 24.4 Å². The molecular weight excluding hydrogens is 368 g/mol. The van der Waals surface area contributed by atoms with E-state index in [0.717, 1.165) is 11.4 Å². The van der Waals surface area contributed by atoms with Gasteiger partial charge in [-0.25, -0.2) is 0 Å². The van der Waals surface area contributed by atoms with Crippen LogP contribution in [0.2, 0.25) is 0 Å². The van der Waals surface area contributed by atoms with Crippen molar-refractivity contribution < 1.29 is 19.0 Å². The maximum absolute atomic E-state index is 12.7. The average molecular weight is 392 g/mol. The smallest absolute Gasteiger partial charge is 0.255 e. The molecule has 1 amide bonds. The van der Waals surface area contributed by atoms with Crippen molar-refractivity contribution in [2.45, 2.75) is 0 Å². The molecule has 0 aliphatic heterocycles. The molecular formula is C23H24N2O4. The number of benzene rings is 3. The van der Waals surface area contributed by atoms with Crippen molar-refractivity contribution in [3.63, 3.8) is 0 Å². The topological polar surface area (TPSA) is 60.0 Å². The number of para-hydroxylation sites is 1. The minimum atomic E-state index is -0.270. The van der Waals surface area contributed by atoms with Crippen LogP contribution in [0.15, 0.2) is 66.7 Å². The van der Waals surface area contributed by atoms with E-state index >= 15 is 0 Å². The molecule has 0 aliphatic carbocycles. The van der Waals surface area contributed by atoms with E-state index in [1.165, 1.54) is 21.3 Å². The van der Waals surface area contributed by atoms with Gasteiger partial charge in [0.1, 0.15) is 0 Å². The summed E-state index contributed by atoms with van der Waals surface area (Å²) in [6.07, 6.45) is 0. The van der Waals surface area contributed by atoms with Gasteiger partial charge in [-0.05, 0) is 48.5 Å². The molecule has 0 unspecified atom stereocenters. The Bertz CT molecular complexity index is 947. The molecule has 0 aliphatic rings. The summed E-state index contributed by atoms with van der Waals surface area (Å²) in [6, 6.07) is 20.9. The van der Waals surface area contributed by atoms with E-state index in [4.69, 9.17) is 14.2 Å². The molecule has 0 fully saturated rings. The van der Waals surface area contributed by atoms with Gasteiger partial charge in [0.2, 0.25) is 5.75 Å². The highest BCUT2D eigenvalue weighted by molar-refractivity contribution is 6.05. The van der Waals surface area contributed by atoms with Gasteiger partial charge in [0, 0.05) is 29.7 Å². The second-order valence-electron chi connectivity index (χ2n) is 6.31. The zero-order valence-electron chi connectivity index (χ0n) is 16.9. The molecule has 0 saturated heterocycles. The van der Waals surface area contributed by atoms with Gasteiger partial charge in [0.25, 0.3) is 5.91 Å². The lowest BCUT2D eigenvalue weighted by molar-refractivity contribution is 0.102. The molecule has 150 valence electrons. The highest BCUT2D eigenvalue weighted by Gasteiger charge is 2.17. The monoisotopic (exact) mass is 392 g/mol. The third-order valence-electron chi connectivity index (χ3n) is 4.58. The standard InChI is InChI=1S/C23H24N2O4/c1-25(18-8-6-5-7-9-18)19-12-10-17(11-13-19)24-23(26)16-14-20(27-2)22(29-4)21(15-16)28-3/h5-15H,1-4H3,(H,24,26). The number of nitrogens with zero attached hydrogens (tertiary/aromatic N) is 1. The summed E-state index contributed by atoms with van der Waals surface area (Å²) < 4.78 is 15.9. The number of carbonyl (C=O) groups is 1. The van der Waals surface area contributed by atoms with E-state index in [-0.39, 0.29) is 5.91 Å². The third kappa shape index (κ3) is 4.43. The highest BCUT2D eigenvalue weighted by Crippen LogP contribution is 2.38. The molecule has 0 saturated carbocycles. The van der Waals surface area contributed by atoms with Crippen LogP contribution >= 0.6 is 0 Å². The van der Waals surface area contributed by atoms with Gasteiger partial charge in [0.15, 0.2) is 11.5 Å². The Morgan fingerprint density at radius 2 is 1.34 bits per heavy atom. The molecule has 0 heterocycles. The number of anilines is 3. The van der Waals surface area contributed by atoms with Crippen molar-refractivity contribution >= 4 is 23.0 Å². The van der Waals surface area contributed by atoms with E-state index < -0.39 is 0 Å². The van der Waals surface area contributed by atoms with Crippen LogP contribution in [0, 0.1) is 0 Å². The number of rotatable bonds is 7. The fraction of sp³-hybridized carbons (Fsp3) is 0.174. The first-order chi connectivity index (χ1) is 14.1. The molecule has 0 atom stereocenters. The SMILES string of the molecule is COc1cc(C(=O)Nc2ccc(N(C)c3ccccc3)cc2)cc(OC)c1OC. The van der Waals surface area contributed by atoms with Crippen molar-refractivity contribution in [2.75, 3.05) is 38.6 Å². The Morgan fingerprint density at radius 3 is 1.86 bits per heavy atom. The first-order valence-electron chi connectivity index (χ1n) is 9.07. The van der Waals surface area contributed by atoms with Crippen molar-refractivity contribution in [1.29, 1.82) is 0 Å². The normalized spacial score (nSPS) is 10.2. The predicted octanol–water partition coefficient (Wildman–Crippen LogP) is 4.73. The number of hydrogen-bond acceptors (Lipinski definition) is 5. The second kappa shape index (κ2) is 9.01. The average Bonchev–Trinajstić information content (AvgIpc) is 2.78. The summed E-state index contributed by atoms with van der Waals surface area (Å²) in [5.74, 6) is 1.03. The molecule has 0 radical (unpaired) electrons. The fourth-order valence-electron chi connectivity index (χ4n) is 2.98. The summed E-state index contributed by atoms with van der Waals surface area (Å²) >= 11 is 0. The second-order valence-corrected chi connectivity index (χ2v) is 6.31. The highest BCUT2D eigenvalue weighted by atomic mass is 16.5. The predicted molar refractivity (Wildman–Crippen MR) is 115 cm³/mol. The van der Waals surface area contributed by atoms with E-state index in [1.807, 2.05) is 61.6 Å². The van der Waals surface area contributed by atoms with E-state index in [1.54, 1.807) is 12.1 Å². The molecule has 3 aromatic carbocycles. The first-order valence-corrected chi connectivity index (χ1v) is 9.07. The maximum Gasteiger partial charge on any atom is 0.255 e. The molecule has 3 aromatic rings. The first kappa shape index (κ1) is 20.1. The summed E-state index contributed by atoms with van der Waals surface area (Å²) in [7, 11) is 6.55. The van der Waals surface area contributed by atoms with E-state index in [9.17, 15) is 4.79 Å². The maximum atomic E-state index is 12.7. The lowest BCUT2D eigenvalue weighted by Gasteiger charge is -2.19. The molecule has 6 heteroatoms. The molecule has 0 aromatic heterocycles. The Morgan fingerprint density at radius 1 is 0.793 bits per heavy atom. The number of amides is 1. The zero-order valence-corrected chi connectivity index (χ0v) is 16.9. The van der Waals surface area contributed by atoms with E-state index in [0.29, 0.717) is 28.5 Å². The summed E-state index contributed by atoms with van der Waals surface area (Å²) in [5, 5.41) is 2.89. The van der Waals surface area contributed by atoms with Gasteiger partial charge in [-0.1, -0.05) is 18.2 Å². The van der Waals surface area contributed by atoms with Gasteiger partial charge in [-0.3, -0.25) is 4.79 Å². The Hall–Kier alpha value is -3.67. The zero-order chi connectivity index (χ0) is 20.8. The molecule has 29 heavy (non-hydrogen) atoms. The van der Waals surface area contributed by atoms with Crippen molar-refractivity contribution in [3.05, 3.63) is 72.3 Å². The number of hydrogen-bond donors (Lipinski definition) is 1. The molecule has 0 bridgehead atoms. The lowest BCUT2D eigenvalue weighted by Crippen LogP contribution is -2.13. The van der Waals surface area contributed by atoms with Crippen molar-refractivity contribution in [2.24, 2.45) is 0 Å². The lowest BCUT2D eigenvalue weighted by atomic mass is 10.1. The van der Waals surface area contributed by atoms with Crippen LogP contribution in [0.25, 0.3) is 0 Å². The minimum absolute atomic E-state index is 0.270. The van der Waals surface area contributed by atoms with E-state index in [2.05, 4.69) is 10.2 Å².